The summed E-state index contributed by atoms with van der Waals surface area (Å²) in [5.41, 5.74) is 0. The van der Waals surface area contributed by atoms with Crippen molar-refractivity contribution in [2.75, 3.05) is 0 Å². The van der Waals surface area contributed by atoms with E-state index < -0.39 is 0 Å². The van der Waals surface area contributed by atoms with Gasteiger partial charge in [0, 0.05) is 0 Å². The molecule has 0 heterocycles. The minimum absolute atomic E-state index is 0. The molecule has 0 aromatic rings. The first-order chi connectivity index (χ1) is 3.56. The Hall–Kier alpha value is 1.66. The molecule has 0 radical (unpaired) electrons. The van der Waals surface area contributed by atoms with E-state index in [1.54, 1.807) is 0 Å². The first kappa shape index (κ1) is 13.3. The van der Waals surface area contributed by atoms with Crippen molar-refractivity contribution in [3.8, 4) is 0 Å². The Labute approximate surface area is 86.6 Å². The summed E-state index contributed by atoms with van der Waals surface area (Å²) in [6, 6.07) is 0. The molecule has 0 saturated carbocycles. The second-order valence-corrected chi connectivity index (χ2v) is 8.97. The van der Waals surface area contributed by atoms with Gasteiger partial charge in [0.05, 0.1) is 0 Å². The molecule has 0 atom stereocenters. The Bertz CT molecular complexity index is 59.7. The van der Waals surface area contributed by atoms with Gasteiger partial charge < -0.3 is 0 Å². The zero-order chi connectivity index (χ0) is 6.62. The highest BCUT2D eigenvalue weighted by atomic mass is 80.0. The first-order valence-corrected chi connectivity index (χ1v) is 5.01. The fourth-order valence-corrected chi connectivity index (χ4v) is 1.22. The number of unbranched alkanes of at least 4 members (excludes halogenated alkanes) is 1. The van der Waals surface area contributed by atoms with E-state index in [-0.39, 0.29) is 13.1 Å². The summed E-state index contributed by atoms with van der Waals surface area (Å²) in [4.78, 5) is 0. The monoisotopic (exact) mass is 338 g/mol. The van der Waals surface area contributed by atoms with Crippen LogP contribution in [0.3, 0.4) is 0 Å². The predicted octanol–water partition coefficient (Wildman–Crippen LogP) is 2.56. The Morgan fingerprint density at radius 2 is 1.67 bits per heavy atom. The van der Waals surface area contributed by atoms with E-state index in [0.29, 0.717) is 0 Å². The summed E-state index contributed by atoms with van der Waals surface area (Å²) < 4.78 is -0.0109. The van der Waals surface area contributed by atoms with E-state index in [2.05, 4.69) is 54.7 Å². The molecule has 0 N–H and O–H groups in total. The highest BCUT2D eigenvalue weighted by Gasteiger charge is 2.15. The molecule has 0 rings (SSSR count). The van der Waals surface area contributed by atoms with Crippen LogP contribution >= 0.6 is 47.8 Å². The first-order valence-electron chi connectivity index (χ1n) is 2.63. The van der Waals surface area contributed by atoms with Crippen LogP contribution in [0.4, 0.5) is 0 Å². The molecule has 58 valence electrons. The molecule has 0 unspecified atom stereocenters. The second kappa shape index (κ2) is 6.37. The number of hydrogen-bond donors (Lipinski definition) is 0. The molecule has 0 nitrogen and oxygen atoms in total. The minimum atomic E-state index is -0.0109. The van der Waals surface area contributed by atoms with Crippen LogP contribution in [0.1, 0.15) is 26.2 Å². The number of rotatable bonds is 2. The van der Waals surface area contributed by atoms with Crippen molar-refractivity contribution in [1.29, 1.82) is 0 Å². The molecule has 4 heteroatoms. The summed E-state index contributed by atoms with van der Waals surface area (Å²) >= 11 is 10.2. The van der Waals surface area contributed by atoms with Crippen LogP contribution < -0.4 is 0 Å². The highest BCUT2D eigenvalue weighted by molar-refractivity contribution is 9.39. The Kier molecular flexibility index (Phi) is 9.39. The smallest absolute Gasteiger partial charge is 0.0654 e. The topological polar surface area (TPSA) is 0 Å². The molecule has 0 aromatic heterocycles. The van der Waals surface area contributed by atoms with Gasteiger partial charge in [-0.15, -0.1) is 0 Å². The van der Waals surface area contributed by atoms with Crippen LogP contribution in [-0.4, -0.2) is 13.1 Å². The molecule has 0 aromatic carbocycles. The summed E-state index contributed by atoms with van der Waals surface area (Å²) in [7, 11) is 0. The molecule has 0 aliphatic heterocycles. The average Bonchev–Trinajstić information content (AvgIpc) is 1.59. The summed E-state index contributed by atoms with van der Waals surface area (Å²) in [5.74, 6) is 0. The highest BCUT2D eigenvalue weighted by Crippen LogP contribution is 2.38. The fraction of sp³-hybridized carbons (Fsp3) is 1.00. The third-order valence-electron chi connectivity index (χ3n) is 0.814. The lowest BCUT2D eigenvalue weighted by Gasteiger charge is -2.09. The van der Waals surface area contributed by atoms with E-state index in [0.717, 1.165) is 6.42 Å². The van der Waals surface area contributed by atoms with Crippen LogP contribution in [0.15, 0.2) is 0 Å². The van der Waals surface area contributed by atoms with Gasteiger partial charge in [0.25, 0.3) is 0 Å². The van der Waals surface area contributed by atoms with E-state index in [1.807, 2.05) is 0 Å². The standard InChI is InChI=1S/C5H9Br3.H4Si/c1-2-3-4-5(6,7)8;/h2-4H2,1H3;1H4. The van der Waals surface area contributed by atoms with Crippen molar-refractivity contribution < 1.29 is 0 Å². The number of hydrogen-bond acceptors (Lipinski definition) is 0. The normalized spacial score (nSPS) is 10.7. The van der Waals surface area contributed by atoms with Crippen LogP contribution in [0, 0.1) is 0 Å². The van der Waals surface area contributed by atoms with E-state index in [1.165, 1.54) is 12.8 Å². The van der Waals surface area contributed by atoms with Gasteiger partial charge in [-0.2, -0.15) is 0 Å². The van der Waals surface area contributed by atoms with Gasteiger partial charge in [-0.1, -0.05) is 67.6 Å². The lowest BCUT2D eigenvalue weighted by molar-refractivity contribution is 0.759. The van der Waals surface area contributed by atoms with Gasteiger partial charge in [-0.05, 0) is 17.4 Å². The van der Waals surface area contributed by atoms with Crippen molar-refractivity contribution in [1.82, 2.24) is 0 Å². The molecular weight excluding hydrogens is 328 g/mol. The molecule has 0 fully saturated rings. The van der Waals surface area contributed by atoms with Gasteiger partial charge in [0.2, 0.25) is 0 Å². The maximum atomic E-state index is 3.41. The summed E-state index contributed by atoms with van der Waals surface area (Å²) in [6.45, 7) is 2.18. The van der Waals surface area contributed by atoms with Gasteiger partial charge in [-0.25, -0.2) is 0 Å². The van der Waals surface area contributed by atoms with Gasteiger partial charge in [0.1, 0.15) is 2.14 Å². The summed E-state index contributed by atoms with van der Waals surface area (Å²) in [6.07, 6.45) is 3.59. The van der Waals surface area contributed by atoms with Crippen LogP contribution in [0.5, 0.6) is 0 Å². The van der Waals surface area contributed by atoms with Crippen molar-refractivity contribution in [2.45, 2.75) is 28.3 Å². The van der Waals surface area contributed by atoms with Crippen molar-refractivity contribution in [3.05, 3.63) is 0 Å². The number of alkyl halides is 3. The van der Waals surface area contributed by atoms with Crippen LogP contribution in [0.2, 0.25) is 0 Å². The zero-order valence-corrected chi connectivity index (χ0v) is 9.51. The molecule has 0 bridgehead atoms. The zero-order valence-electron chi connectivity index (χ0n) is 4.76. The molecule has 0 aliphatic carbocycles. The second-order valence-electron chi connectivity index (χ2n) is 1.72. The molecule has 0 amide bonds. The lowest BCUT2D eigenvalue weighted by Crippen LogP contribution is -1.96. The average molecular weight is 341 g/mol. The Balaban J connectivity index is 0. The van der Waals surface area contributed by atoms with Gasteiger partial charge >= 0.3 is 0 Å². The molecular formula is C5H13Br3Si. The third-order valence-corrected chi connectivity index (χ3v) is 2.00. The van der Waals surface area contributed by atoms with E-state index in [4.69, 9.17) is 0 Å². The largest absolute Gasteiger partial charge is 0.135 e. The quantitative estimate of drug-likeness (QED) is 0.535. The van der Waals surface area contributed by atoms with Crippen LogP contribution in [0.25, 0.3) is 0 Å². The van der Waals surface area contributed by atoms with E-state index >= 15 is 0 Å². The van der Waals surface area contributed by atoms with Gasteiger partial charge in [-0.3, -0.25) is 0 Å². The summed E-state index contributed by atoms with van der Waals surface area (Å²) in [5, 5.41) is 0. The number of halogens is 3. The Morgan fingerprint density at radius 3 is 1.78 bits per heavy atom. The maximum Gasteiger partial charge on any atom is 0.135 e. The molecule has 0 aliphatic rings. The Morgan fingerprint density at radius 1 is 1.22 bits per heavy atom. The van der Waals surface area contributed by atoms with Gasteiger partial charge in [0.15, 0.2) is 0 Å². The van der Waals surface area contributed by atoms with E-state index in [9.17, 15) is 0 Å². The fourth-order valence-electron chi connectivity index (χ4n) is 0.377. The maximum absolute atomic E-state index is 3.41. The van der Waals surface area contributed by atoms with Crippen molar-refractivity contribution in [3.63, 3.8) is 0 Å². The van der Waals surface area contributed by atoms with Crippen molar-refractivity contribution >= 4 is 58.8 Å². The predicted molar refractivity (Wildman–Crippen MR) is 60.4 cm³/mol. The molecule has 0 spiro atoms. The minimum Gasteiger partial charge on any atom is -0.0654 e. The molecule has 9 heavy (non-hydrogen) atoms. The third kappa shape index (κ3) is 12.8. The SMILES string of the molecule is CCCCC(Br)(Br)Br.[SiH4]. The van der Waals surface area contributed by atoms with Crippen LogP contribution in [-0.2, 0) is 0 Å². The van der Waals surface area contributed by atoms with Crippen molar-refractivity contribution in [2.24, 2.45) is 0 Å². The molecule has 0 saturated heterocycles. The lowest BCUT2D eigenvalue weighted by atomic mass is 10.3.